The molecule has 1 saturated heterocycles. The molecule has 0 amide bonds. The maximum Gasteiger partial charge on any atom is 0.309 e. The third kappa shape index (κ3) is 3.13. The van der Waals surface area contributed by atoms with Crippen LogP contribution in [0.1, 0.15) is 36.8 Å². The Hall–Kier alpha value is -1.29. The van der Waals surface area contributed by atoms with E-state index in [-0.39, 0.29) is 18.0 Å². The quantitative estimate of drug-likeness (QED) is 0.776. The van der Waals surface area contributed by atoms with Crippen LogP contribution in [0.2, 0.25) is 0 Å². The van der Waals surface area contributed by atoms with Crippen LogP contribution in [0.3, 0.4) is 0 Å². The fourth-order valence-corrected chi connectivity index (χ4v) is 2.31. The minimum Gasteiger partial charge on any atom is -0.466 e. The van der Waals surface area contributed by atoms with Crippen LogP contribution in [0.25, 0.3) is 0 Å². The van der Waals surface area contributed by atoms with Crippen LogP contribution in [-0.2, 0) is 20.9 Å². The van der Waals surface area contributed by atoms with Crippen LogP contribution >= 0.6 is 0 Å². The topological polar surface area (TPSA) is 48.7 Å². The maximum absolute atomic E-state index is 11.9. The van der Waals surface area contributed by atoms with E-state index in [1.807, 2.05) is 26.8 Å². The van der Waals surface area contributed by atoms with Gasteiger partial charge in [-0.15, -0.1) is 0 Å². The Morgan fingerprint density at radius 3 is 2.89 bits per heavy atom. The summed E-state index contributed by atoms with van der Waals surface area (Å²) in [6, 6.07) is 1.91. The fraction of sp³-hybridized carbons (Fsp3) is 0.643. The van der Waals surface area contributed by atoms with E-state index in [9.17, 15) is 4.79 Å². The predicted octanol–water partition coefficient (Wildman–Crippen LogP) is 2.75. The molecule has 1 aliphatic rings. The predicted molar refractivity (Wildman–Crippen MR) is 66.1 cm³/mol. The molecular formula is C14H20O4. The summed E-state index contributed by atoms with van der Waals surface area (Å²) in [5, 5.41) is 0. The maximum atomic E-state index is 11.9. The van der Waals surface area contributed by atoms with Crippen molar-refractivity contribution in [1.82, 2.24) is 0 Å². The average molecular weight is 252 g/mol. The van der Waals surface area contributed by atoms with Crippen molar-refractivity contribution in [1.29, 1.82) is 0 Å². The highest BCUT2D eigenvalue weighted by Crippen LogP contribution is 2.22. The average Bonchev–Trinajstić information content (AvgIpc) is 2.65. The number of hydrogen-bond donors (Lipinski definition) is 0. The summed E-state index contributed by atoms with van der Waals surface area (Å²) in [4.78, 5) is 11.9. The van der Waals surface area contributed by atoms with E-state index < -0.39 is 0 Å². The second-order valence-corrected chi connectivity index (χ2v) is 4.95. The molecular weight excluding hydrogens is 232 g/mol. The molecule has 4 nitrogen and oxygen atoms in total. The van der Waals surface area contributed by atoms with Gasteiger partial charge in [-0.3, -0.25) is 4.79 Å². The van der Waals surface area contributed by atoms with E-state index in [2.05, 4.69) is 0 Å². The van der Waals surface area contributed by atoms with E-state index in [0.29, 0.717) is 13.2 Å². The second-order valence-electron chi connectivity index (χ2n) is 4.95. The highest BCUT2D eigenvalue weighted by molar-refractivity contribution is 5.72. The normalized spacial score (nSPS) is 23.9. The zero-order chi connectivity index (χ0) is 13.1. The van der Waals surface area contributed by atoms with Gasteiger partial charge in [-0.1, -0.05) is 0 Å². The summed E-state index contributed by atoms with van der Waals surface area (Å²) in [7, 11) is 0. The summed E-state index contributed by atoms with van der Waals surface area (Å²) in [5.74, 6) is 1.52. The Balaban J connectivity index is 1.86. The van der Waals surface area contributed by atoms with Gasteiger partial charge in [0.2, 0.25) is 0 Å². The molecule has 2 unspecified atom stereocenters. The van der Waals surface area contributed by atoms with Crippen LogP contribution in [0.4, 0.5) is 0 Å². The highest BCUT2D eigenvalue weighted by atomic mass is 16.5. The first kappa shape index (κ1) is 13.1. The Bertz CT molecular complexity index is 421. The molecule has 1 fully saturated rings. The molecule has 4 heteroatoms. The van der Waals surface area contributed by atoms with E-state index in [1.54, 1.807) is 0 Å². The Morgan fingerprint density at radius 1 is 1.50 bits per heavy atom. The third-order valence-corrected chi connectivity index (χ3v) is 3.33. The Labute approximate surface area is 107 Å². The molecule has 2 rings (SSSR count). The van der Waals surface area contributed by atoms with Gasteiger partial charge in [-0.05, 0) is 39.7 Å². The number of ether oxygens (including phenoxy) is 2. The van der Waals surface area contributed by atoms with Crippen molar-refractivity contribution in [2.45, 2.75) is 46.3 Å². The standard InChI is InChI=1S/C14H20O4/c1-9-6-12(4-5-16-9)14(15)17-8-13-7-10(2)18-11(13)3/h7,9,12H,4-6,8H2,1-3H3. The van der Waals surface area contributed by atoms with Crippen LogP contribution < -0.4 is 0 Å². The van der Waals surface area contributed by atoms with E-state index in [0.717, 1.165) is 29.9 Å². The molecule has 0 aromatic carbocycles. The van der Waals surface area contributed by atoms with Gasteiger partial charge in [-0.25, -0.2) is 0 Å². The molecule has 0 N–H and O–H groups in total. The third-order valence-electron chi connectivity index (χ3n) is 3.33. The van der Waals surface area contributed by atoms with Gasteiger partial charge in [-0.2, -0.15) is 0 Å². The number of hydrogen-bond acceptors (Lipinski definition) is 4. The molecule has 18 heavy (non-hydrogen) atoms. The smallest absolute Gasteiger partial charge is 0.309 e. The fourth-order valence-electron chi connectivity index (χ4n) is 2.31. The van der Waals surface area contributed by atoms with Crippen molar-refractivity contribution in [3.63, 3.8) is 0 Å². The number of carbonyl (C=O) groups excluding carboxylic acids is 1. The molecule has 0 radical (unpaired) electrons. The lowest BCUT2D eigenvalue weighted by molar-refractivity contribution is -0.154. The molecule has 0 saturated carbocycles. The van der Waals surface area contributed by atoms with E-state index in [1.165, 1.54) is 0 Å². The number of rotatable bonds is 3. The van der Waals surface area contributed by atoms with E-state index >= 15 is 0 Å². The molecule has 0 bridgehead atoms. The van der Waals surface area contributed by atoms with Gasteiger partial charge in [0.05, 0.1) is 12.0 Å². The second kappa shape index (κ2) is 5.57. The van der Waals surface area contributed by atoms with Gasteiger partial charge in [0.1, 0.15) is 18.1 Å². The van der Waals surface area contributed by atoms with Gasteiger partial charge < -0.3 is 13.9 Å². The van der Waals surface area contributed by atoms with Crippen molar-refractivity contribution < 1.29 is 18.7 Å². The zero-order valence-corrected chi connectivity index (χ0v) is 11.2. The minimum absolute atomic E-state index is 0.0259. The number of carbonyl (C=O) groups is 1. The van der Waals surface area contributed by atoms with Gasteiger partial charge in [0.25, 0.3) is 0 Å². The largest absolute Gasteiger partial charge is 0.466 e. The van der Waals surface area contributed by atoms with Crippen molar-refractivity contribution >= 4 is 5.97 Å². The van der Waals surface area contributed by atoms with Gasteiger partial charge in [0.15, 0.2) is 0 Å². The molecule has 2 atom stereocenters. The van der Waals surface area contributed by atoms with Crippen LogP contribution in [0.15, 0.2) is 10.5 Å². The summed E-state index contributed by atoms with van der Waals surface area (Å²) in [6.07, 6.45) is 1.66. The summed E-state index contributed by atoms with van der Waals surface area (Å²) in [6.45, 7) is 6.70. The van der Waals surface area contributed by atoms with Crippen molar-refractivity contribution in [2.24, 2.45) is 5.92 Å². The Morgan fingerprint density at radius 2 is 2.28 bits per heavy atom. The zero-order valence-electron chi connectivity index (χ0n) is 11.2. The minimum atomic E-state index is -0.122. The van der Waals surface area contributed by atoms with Crippen LogP contribution in [0.5, 0.6) is 0 Å². The highest BCUT2D eigenvalue weighted by Gasteiger charge is 2.27. The first-order chi connectivity index (χ1) is 8.56. The molecule has 100 valence electrons. The SMILES string of the molecule is Cc1cc(COC(=O)C2CCOC(C)C2)c(C)o1. The summed E-state index contributed by atoms with van der Waals surface area (Å²) in [5.41, 5.74) is 0.945. The Kier molecular flexibility index (Phi) is 4.07. The van der Waals surface area contributed by atoms with E-state index in [4.69, 9.17) is 13.9 Å². The summed E-state index contributed by atoms with van der Waals surface area (Å²) < 4.78 is 16.2. The van der Waals surface area contributed by atoms with Gasteiger partial charge in [0, 0.05) is 12.2 Å². The lowest BCUT2D eigenvalue weighted by Crippen LogP contribution is -2.29. The van der Waals surface area contributed by atoms with Crippen molar-refractivity contribution in [2.75, 3.05) is 6.61 Å². The monoisotopic (exact) mass is 252 g/mol. The molecule has 1 aromatic heterocycles. The molecule has 1 aliphatic heterocycles. The number of esters is 1. The number of furan rings is 1. The van der Waals surface area contributed by atoms with Crippen LogP contribution in [0, 0.1) is 19.8 Å². The number of aryl methyl sites for hydroxylation is 2. The van der Waals surface area contributed by atoms with Crippen molar-refractivity contribution in [3.8, 4) is 0 Å². The first-order valence-corrected chi connectivity index (χ1v) is 6.40. The molecule has 0 aliphatic carbocycles. The first-order valence-electron chi connectivity index (χ1n) is 6.40. The molecule has 2 heterocycles. The lowest BCUT2D eigenvalue weighted by Gasteiger charge is -2.25. The summed E-state index contributed by atoms with van der Waals surface area (Å²) >= 11 is 0. The van der Waals surface area contributed by atoms with Crippen molar-refractivity contribution in [3.05, 3.63) is 23.2 Å². The molecule has 1 aromatic rings. The molecule has 0 spiro atoms. The van der Waals surface area contributed by atoms with Gasteiger partial charge >= 0.3 is 5.97 Å². The lowest BCUT2D eigenvalue weighted by atomic mass is 9.96. The van der Waals surface area contributed by atoms with Crippen LogP contribution in [-0.4, -0.2) is 18.7 Å².